The predicted molar refractivity (Wildman–Crippen MR) is 79.6 cm³/mol. The fraction of sp³-hybridized carbons (Fsp3) is 0.533. The molecule has 1 amide bonds. The van der Waals surface area contributed by atoms with Crippen molar-refractivity contribution in [2.45, 2.75) is 39.2 Å². The minimum atomic E-state index is -0.489. The first kappa shape index (κ1) is 14.2. The molecule has 0 aliphatic heterocycles. The van der Waals surface area contributed by atoms with Gasteiger partial charge in [0.15, 0.2) is 0 Å². The van der Waals surface area contributed by atoms with E-state index in [2.05, 4.69) is 19.2 Å². The largest absolute Gasteiger partial charge is 0.382 e. The summed E-state index contributed by atoms with van der Waals surface area (Å²) in [5.74, 6) is 1.01. The number of benzene rings is 1. The highest BCUT2D eigenvalue weighted by molar-refractivity contribution is 6.34. The second kappa shape index (κ2) is 5.83. The summed E-state index contributed by atoms with van der Waals surface area (Å²) >= 11 is 6.06. The summed E-state index contributed by atoms with van der Waals surface area (Å²) in [6.07, 6.45) is 3.67. The van der Waals surface area contributed by atoms with Crippen LogP contribution in [-0.2, 0) is 0 Å². The summed E-state index contributed by atoms with van der Waals surface area (Å²) in [7, 11) is 0. The van der Waals surface area contributed by atoms with Gasteiger partial charge in [-0.3, -0.25) is 4.79 Å². The van der Waals surface area contributed by atoms with E-state index in [4.69, 9.17) is 17.3 Å². The van der Waals surface area contributed by atoms with E-state index in [9.17, 15) is 4.79 Å². The average Bonchev–Trinajstić information content (AvgIpc) is 2.26. The van der Waals surface area contributed by atoms with Crippen molar-refractivity contribution in [2.24, 2.45) is 17.6 Å². The lowest BCUT2D eigenvalue weighted by molar-refractivity contribution is 0.100. The lowest BCUT2D eigenvalue weighted by Gasteiger charge is -2.32. The monoisotopic (exact) mass is 280 g/mol. The van der Waals surface area contributed by atoms with Crippen molar-refractivity contribution in [3.05, 3.63) is 28.8 Å². The van der Waals surface area contributed by atoms with Crippen LogP contribution < -0.4 is 11.1 Å². The first-order valence-electron chi connectivity index (χ1n) is 6.81. The van der Waals surface area contributed by atoms with E-state index in [-0.39, 0.29) is 0 Å². The maximum Gasteiger partial charge on any atom is 0.250 e. The first-order valence-corrected chi connectivity index (χ1v) is 7.19. The number of halogens is 1. The minimum Gasteiger partial charge on any atom is -0.382 e. The molecule has 3 nitrogen and oxygen atoms in total. The summed E-state index contributed by atoms with van der Waals surface area (Å²) in [6.45, 7) is 4.60. The molecule has 1 aromatic carbocycles. The van der Waals surface area contributed by atoms with Gasteiger partial charge in [-0.1, -0.05) is 25.4 Å². The zero-order chi connectivity index (χ0) is 14.0. The van der Waals surface area contributed by atoms with Gasteiger partial charge in [0.1, 0.15) is 0 Å². The second-order valence-corrected chi connectivity index (χ2v) is 6.22. The number of carbonyl (C=O) groups is 1. The molecule has 1 aliphatic rings. The number of anilines is 1. The van der Waals surface area contributed by atoms with E-state index in [1.807, 2.05) is 6.07 Å². The summed E-state index contributed by atoms with van der Waals surface area (Å²) in [6, 6.07) is 5.82. The molecule has 19 heavy (non-hydrogen) atoms. The smallest absolute Gasteiger partial charge is 0.250 e. The van der Waals surface area contributed by atoms with Gasteiger partial charge in [0.25, 0.3) is 0 Å². The Kier molecular flexibility index (Phi) is 4.35. The van der Waals surface area contributed by atoms with Crippen LogP contribution >= 0.6 is 11.6 Å². The van der Waals surface area contributed by atoms with Gasteiger partial charge in [-0.15, -0.1) is 0 Å². The summed E-state index contributed by atoms with van der Waals surface area (Å²) in [5, 5.41) is 3.92. The lowest BCUT2D eigenvalue weighted by Crippen LogP contribution is -2.30. The molecular weight excluding hydrogens is 260 g/mol. The molecule has 0 saturated heterocycles. The van der Waals surface area contributed by atoms with Crippen LogP contribution in [0.25, 0.3) is 0 Å². The van der Waals surface area contributed by atoms with Gasteiger partial charge in [0, 0.05) is 11.7 Å². The van der Waals surface area contributed by atoms with Crippen LogP contribution in [0.15, 0.2) is 18.2 Å². The van der Waals surface area contributed by atoms with Crippen molar-refractivity contribution in [3.8, 4) is 0 Å². The molecule has 0 spiro atoms. The molecule has 2 atom stereocenters. The zero-order valence-corrected chi connectivity index (χ0v) is 12.2. The van der Waals surface area contributed by atoms with Gasteiger partial charge in [-0.2, -0.15) is 0 Å². The number of hydrogen-bond acceptors (Lipinski definition) is 2. The molecule has 1 saturated carbocycles. The van der Waals surface area contributed by atoms with Crippen molar-refractivity contribution in [2.75, 3.05) is 5.32 Å². The average molecular weight is 281 g/mol. The number of primary amides is 1. The van der Waals surface area contributed by atoms with Crippen LogP contribution in [0.3, 0.4) is 0 Å². The lowest BCUT2D eigenvalue weighted by atomic mass is 9.80. The Morgan fingerprint density at radius 3 is 2.42 bits per heavy atom. The van der Waals surface area contributed by atoms with Crippen LogP contribution in [0.4, 0.5) is 5.69 Å². The van der Waals surface area contributed by atoms with Gasteiger partial charge in [0.2, 0.25) is 5.91 Å². The normalized spacial score (nSPS) is 27.0. The standard InChI is InChI=1S/C15H21ClN2O/c1-9-5-10(2)7-12(6-9)18-11-3-4-13(15(17)19)14(16)8-11/h3-4,8-10,12,18H,5-7H2,1-2H3,(H2,17,19). The maximum atomic E-state index is 11.1. The molecule has 104 valence electrons. The maximum absolute atomic E-state index is 11.1. The molecule has 1 fully saturated rings. The molecule has 0 aromatic heterocycles. The second-order valence-electron chi connectivity index (χ2n) is 5.82. The quantitative estimate of drug-likeness (QED) is 0.887. The zero-order valence-electron chi connectivity index (χ0n) is 11.4. The Balaban J connectivity index is 2.07. The van der Waals surface area contributed by atoms with E-state index >= 15 is 0 Å². The number of hydrogen-bond donors (Lipinski definition) is 2. The van der Waals surface area contributed by atoms with E-state index in [0.717, 1.165) is 17.5 Å². The molecule has 0 heterocycles. The van der Waals surface area contributed by atoms with E-state index < -0.39 is 5.91 Å². The highest BCUT2D eigenvalue weighted by atomic mass is 35.5. The van der Waals surface area contributed by atoms with Crippen LogP contribution in [0.2, 0.25) is 5.02 Å². The van der Waals surface area contributed by atoms with Gasteiger partial charge in [-0.05, 0) is 49.3 Å². The van der Waals surface area contributed by atoms with E-state index in [1.165, 1.54) is 19.3 Å². The van der Waals surface area contributed by atoms with E-state index in [0.29, 0.717) is 16.6 Å². The summed E-state index contributed by atoms with van der Waals surface area (Å²) in [4.78, 5) is 11.1. The summed E-state index contributed by atoms with van der Waals surface area (Å²) < 4.78 is 0. The first-order chi connectivity index (χ1) is 8.95. The number of nitrogens with two attached hydrogens (primary N) is 1. The Labute approximate surface area is 119 Å². The fourth-order valence-corrected chi connectivity index (χ4v) is 3.38. The van der Waals surface area contributed by atoms with Crippen LogP contribution in [0.1, 0.15) is 43.5 Å². The molecule has 4 heteroatoms. The van der Waals surface area contributed by atoms with Gasteiger partial charge in [-0.25, -0.2) is 0 Å². The van der Waals surface area contributed by atoms with Crippen molar-refractivity contribution in [1.29, 1.82) is 0 Å². The predicted octanol–water partition coefficient (Wildman–Crippen LogP) is 3.68. The molecule has 2 rings (SSSR count). The third-order valence-electron chi connectivity index (χ3n) is 3.78. The molecule has 3 N–H and O–H groups in total. The Morgan fingerprint density at radius 2 is 1.89 bits per heavy atom. The molecule has 0 radical (unpaired) electrons. The van der Waals surface area contributed by atoms with Crippen molar-refractivity contribution >= 4 is 23.2 Å². The Bertz CT molecular complexity index is 465. The molecular formula is C15H21ClN2O. The molecule has 2 unspecified atom stereocenters. The third-order valence-corrected chi connectivity index (χ3v) is 4.10. The number of rotatable bonds is 3. The van der Waals surface area contributed by atoms with Gasteiger partial charge >= 0.3 is 0 Å². The highest BCUT2D eigenvalue weighted by Gasteiger charge is 2.23. The Hall–Kier alpha value is -1.22. The van der Waals surface area contributed by atoms with Crippen molar-refractivity contribution < 1.29 is 4.79 Å². The topological polar surface area (TPSA) is 55.1 Å². The third kappa shape index (κ3) is 3.63. The van der Waals surface area contributed by atoms with Gasteiger partial charge < -0.3 is 11.1 Å². The van der Waals surface area contributed by atoms with Crippen LogP contribution in [0.5, 0.6) is 0 Å². The van der Waals surface area contributed by atoms with Crippen LogP contribution in [-0.4, -0.2) is 11.9 Å². The number of nitrogens with one attached hydrogen (secondary N) is 1. The van der Waals surface area contributed by atoms with Gasteiger partial charge in [0.05, 0.1) is 10.6 Å². The van der Waals surface area contributed by atoms with Crippen molar-refractivity contribution in [1.82, 2.24) is 0 Å². The molecule has 1 aromatic rings. The number of amides is 1. The minimum absolute atomic E-state index is 0.373. The fourth-order valence-electron chi connectivity index (χ4n) is 3.11. The highest BCUT2D eigenvalue weighted by Crippen LogP contribution is 2.31. The van der Waals surface area contributed by atoms with E-state index in [1.54, 1.807) is 12.1 Å². The number of carbonyl (C=O) groups excluding carboxylic acids is 1. The molecule has 0 bridgehead atoms. The molecule has 1 aliphatic carbocycles. The van der Waals surface area contributed by atoms with Crippen molar-refractivity contribution in [3.63, 3.8) is 0 Å². The van der Waals surface area contributed by atoms with Crippen LogP contribution in [0, 0.1) is 11.8 Å². The SMILES string of the molecule is CC1CC(C)CC(Nc2ccc(C(N)=O)c(Cl)c2)C1. The Morgan fingerprint density at radius 1 is 1.26 bits per heavy atom. The summed E-state index contributed by atoms with van der Waals surface area (Å²) in [5.41, 5.74) is 6.57.